The van der Waals surface area contributed by atoms with Crippen LogP contribution in [-0.2, 0) is 19.7 Å². The lowest BCUT2D eigenvalue weighted by atomic mass is 10.1. The molecular formula is C14H20O5S2. The maximum atomic E-state index is 12.1. The lowest BCUT2D eigenvalue weighted by molar-refractivity contribution is 0.0991. The van der Waals surface area contributed by atoms with E-state index in [9.17, 15) is 21.6 Å². The van der Waals surface area contributed by atoms with E-state index < -0.39 is 35.8 Å². The third kappa shape index (κ3) is 5.24. The molecular weight excluding hydrogens is 312 g/mol. The van der Waals surface area contributed by atoms with Crippen molar-refractivity contribution in [3.63, 3.8) is 0 Å². The van der Waals surface area contributed by atoms with Crippen LogP contribution in [0.25, 0.3) is 0 Å². The minimum Gasteiger partial charge on any atom is -0.293 e. The average molecular weight is 332 g/mol. The van der Waals surface area contributed by atoms with Crippen LogP contribution in [-0.4, -0.2) is 38.7 Å². The first kappa shape index (κ1) is 17.8. The second-order valence-electron chi connectivity index (χ2n) is 4.95. The number of carbonyl (C=O) groups excluding carboxylic acids is 1. The number of hydrogen-bond acceptors (Lipinski definition) is 5. The summed E-state index contributed by atoms with van der Waals surface area (Å²) in [7, 11) is -7.74. The second kappa shape index (κ2) is 7.17. The molecule has 0 saturated heterocycles. The van der Waals surface area contributed by atoms with Gasteiger partial charge >= 0.3 is 0 Å². The zero-order chi connectivity index (χ0) is 16.1. The van der Waals surface area contributed by atoms with Crippen molar-refractivity contribution in [2.24, 2.45) is 0 Å². The summed E-state index contributed by atoms with van der Waals surface area (Å²) in [5.74, 6) is -0.754. The number of rotatable bonds is 8. The lowest BCUT2D eigenvalue weighted by Crippen LogP contribution is -2.33. The van der Waals surface area contributed by atoms with Crippen molar-refractivity contribution in [1.29, 1.82) is 0 Å². The van der Waals surface area contributed by atoms with Gasteiger partial charge < -0.3 is 0 Å². The number of unbranched alkanes of at least 4 members (excludes halogenated alkanes) is 1. The lowest BCUT2D eigenvalue weighted by Gasteiger charge is -2.12. The second-order valence-corrected chi connectivity index (χ2v) is 9.83. The van der Waals surface area contributed by atoms with Crippen molar-refractivity contribution < 1.29 is 21.6 Å². The fourth-order valence-electron chi connectivity index (χ4n) is 1.78. The highest BCUT2D eigenvalue weighted by atomic mass is 32.3. The highest BCUT2D eigenvalue weighted by molar-refractivity contribution is 8.08. The summed E-state index contributed by atoms with van der Waals surface area (Å²) in [6.45, 7) is 3.06. The molecule has 0 amide bonds. The zero-order valence-electron chi connectivity index (χ0n) is 12.2. The summed E-state index contributed by atoms with van der Waals surface area (Å²) in [4.78, 5) is 12.1. The van der Waals surface area contributed by atoms with Gasteiger partial charge in [0.1, 0.15) is 5.25 Å². The first-order valence-electron chi connectivity index (χ1n) is 6.71. The minimum absolute atomic E-state index is 0.172. The quantitative estimate of drug-likeness (QED) is 0.678. The molecule has 1 rings (SSSR count). The summed E-state index contributed by atoms with van der Waals surface area (Å²) < 4.78 is 47.8. The first-order chi connectivity index (χ1) is 9.69. The molecule has 5 nitrogen and oxygen atoms in total. The van der Waals surface area contributed by atoms with Gasteiger partial charge in [-0.3, -0.25) is 4.79 Å². The van der Waals surface area contributed by atoms with Gasteiger partial charge in [0.15, 0.2) is 30.5 Å². The van der Waals surface area contributed by atoms with E-state index >= 15 is 0 Å². The summed E-state index contributed by atoms with van der Waals surface area (Å²) in [5.41, 5.74) is 0.263. The van der Waals surface area contributed by atoms with Crippen LogP contribution in [0, 0.1) is 0 Å². The molecule has 0 N–H and O–H groups in total. The van der Waals surface area contributed by atoms with Crippen molar-refractivity contribution in [2.75, 3.05) is 10.8 Å². The molecule has 1 aromatic carbocycles. The summed E-state index contributed by atoms with van der Waals surface area (Å²) in [6.07, 6.45) is 1.08. The molecule has 1 unspecified atom stereocenters. The highest BCUT2D eigenvalue weighted by Crippen LogP contribution is 2.14. The number of carbonyl (C=O) groups is 1. The molecule has 1 aromatic rings. The van der Waals surface area contributed by atoms with Gasteiger partial charge in [-0.25, -0.2) is 16.8 Å². The van der Waals surface area contributed by atoms with Crippen molar-refractivity contribution in [2.45, 2.75) is 31.9 Å². The van der Waals surface area contributed by atoms with Crippen LogP contribution in [0.15, 0.2) is 30.3 Å². The summed E-state index contributed by atoms with van der Waals surface area (Å²) in [5, 5.41) is -2.34. The topological polar surface area (TPSA) is 85.3 Å². The Morgan fingerprint density at radius 3 is 2.19 bits per heavy atom. The number of ketones is 1. The maximum Gasteiger partial charge on any atom is 0.180 e. The van der Waals surface area contributed by atoms with Gasteiger partial charge in [-0.15, -0.1) is 0 Å². The van der Waals surface area contributed by atoms with E-state index in [1.807, 2.05) is 6.92 Å². The molecule has 21 heavy (non-hydrogen) atoms. The molecule has 0 spiro atoms. The summed E-state index contributed by atoms with van der Waals surface area (Å²) in [6, 6.07) is 8.00. The highest BCUT2D eigenvalue weighted by Gasteiger charge is 2.32. The Kier molecular flexibility index (Phi) is 6.10. The van der Waals surface area contributed by atoms with Crippen molar-refractivity contribution in [3.8, 4) is 0 Å². The molecule has 0 fully saturated rings. The Hall–Kier alpha value is -1.21. The van der Waals surface area contributed by atoms with Gasteiger partial charge in [0.25, 0.3) is 0 Å². The molecule has 0 saturated carbocycles. The normalized spacial score (nSPS) is 13.8. The molecule has 118 valence electrons. The molecule has 0 heterocycles. The third-order valence-corrected chi connectivity index (χ3v) is 8.07. The predicted octanol–water partition coefficient (Wildman–Crippen LogP) is 1.85. The fraction of sp³-hybridized carbons (Fsp3) is 0.500. The Labute approximate surface area is 126 Å². The van der Waals surface area contributed by atoms with Crippen molar-refractivity contribution >= 4 is 25.5 Å². The Morgan fingerprint density at radius 1 is 1.10 bits per heavy atom. The SMILES string of the molecule is CCCCS(=O)(=O)CS(=O)(=O)C(C)C(=O)c1ccccc1. The molecule has 0 aromatic heterocycles. The Balaban J connectivity index is 2.90. The molecule has 0 aliphatic rings. The van der Waals surface area contributed by atoms with Gasteiger partial charge in [0.2, 0.25) is 0 Å². The van der Waals surface area contributed by atoms with Crippen LogP contribution in [0.2, 0.25) is 0 Å². The predicted molar refractivity (Wildman–Crippen MR) is 82.7 cm³/mol. The Bertz CT molecular complexity index is 675. The van der Waals surface area contributed by atoms with Crippen molar-refractivity contribution in [1.82, 2.24) is 0 Å². The van der Waals surface area contributed by atoms with Crippen LogP contribution in [0.4, 0.5) is 0 Å². The van der Waals surface area contributed by atoms with Crippen LogP contribution in [0.5, 0.6) is 0 Å². The maximum absolute atomic E-state index is 12.1. The standard InChI is InChI=1S/C14H20O5S2/c1-3-4-10-20(16,17)11-21(18,19)12(2)14(15)13-8-6-5-7-9-13/h5-9,12H,3-4,10-11H2,1-2H3. The van der Waals surface area contributed by atoms with Crippen LogP contribution in [0.1, 0.15) is 37.0 Å². The molecule has 0 aliphatic carbocycles. The number of hydrogen-bond donors (Lipinski definition) is 0. The van der Waals surface area contributed by atoms with E-state index in [1.165, 1.54) is 19.1 Å². The van der Waals surface area contributed by atoms with Gasteiger partial charge in [-0.05, 0) is 13.3 Å². The van der Waals surface area contributed by atoms with Gasteiger partial charge in [-0.2, -0.15) is 0 Å². The largest absolute Gasteiger partial charge is 0.293 e. The smallest absolute Gasteiger partial charge is 0.180 e. The Morgan fingerprint density at radius 2 is 1.67 bits per heavy atom. The number of Topliss-reactive ketones (excluding diaryl/α,β-unsaturated/α-hetero) is 1. The zero-order valence-corrected chi connectivity index (χ0v) is 13.8. The molecule has 0 radical (unpaired) electrons. The van der Waals surface area contributed by atoms with Crippen molar-refractivity contribution in [3.05, 3.63) is 35.9 Å². The average Bonchev–Trinajstić information content (AvgIpc) is 2.43. The van der Waals surface area contributed by atoms with E-state index in [1.54, 1.807) is 18.2 Å². The van der Waals surface area contributed by atoms with Crippen LogP contribution in [0.3, 0.4) is 0 Å². The number of benzene rings is 1. The molecule has 0 aliphatic heterocycles. The van der Waals surface area contributed by atoms with Gasteiger partial charge in [0.05, 0.1) is 5.75 Å². The third-order valence-electron chi connectivity index (χ3n) is 3.12. The molecule has 0 bridgehead atoms. The van der Waals surface area contributed by atoms with Gasteiger partial charge in [0, 0.05) is 5.56 Å². The van der Waals surface area contributed by atoms with E-state index in [-0.39, 0.29) is 11.3 Å². The number of sulfone groups is 2. The first-order valence-corrected chi connectivity index (χ1v) is 10.2. The molecule has 7 heteroatoms. The minimum atomic E-state index is -4.03. The van der Waals surface area contributed by atoms with Crippen LogP contribution >= 0.6 is 0 Å². The summed E-state index contributed by atoms with van der Waals surface area (Å²) >= 11 is 0. The fourth-order valence-corrected chi connectivity index (χ4v) is 6.26. The van der Waals surface area contributed by atoms with E-state index in [0.29, 0.717) is 12.8 Å². The van der Waals surface area contributed by atoms with E-state index in [0.717, 1.165) is 0 Å². The van der Waals surface area contributed by atoms with Gasteiger partial charge in [-0.1, -0.05) is 43.7 Å². The van der Waals surface area contributed by atoms with Crippen LogP contribution < -0.4 is 0 Å². The monoisotopic (exact) mass is 332 g/mol. The van der Waals surface area contributed by atoms with E-state index in [2.05, 4.69) is 0 Å². The van der Waals surface area contributed by atoms with E-state index in [4.69, 9.17) is 0 Å². The molecule has 1 atom stereocenters.